The van der Waals surface area contributed by atoms with E-state index in [1.807, 2.05) is 14.0 Å². The van der Waals surface area contributed by atoms with Crippen LogP contribution in [0.3, 0.4) is 0 Å². The highest BCUT2D eigenvalue weighted by atomic mass is 32.1. The number of nitrogens with one attached hydrogen (secondary N) is 1. The zero-order valence-corrected chi connectivity index (χ0v) is 13.3. The number of piperidine rings is 1. The highest BCUT2D eigenvalue weighted by Gasteiger charge is 2.23. The van der Waals surface area contributed by atoms with E-state index in [1.165, 1.54) is 41.2 Å². The first-order valence-corrected chi connectivity index (χ1v) is 8.24. The van der Waals surface area contributed by atoms with E-state index >= 15 is 0 Å². The van der Waals surface area contributed by atoms with Crippen molar-refractivity contribution in [1.82, 2.24) is 24.8 Å². The fraction of sp³-hybridized carbons (Fsp3) is 0.643. The molecule has 6 nitrogen and oxygen atoms in total. The Kier molecular flexibility index (Phi) is 4.32. The quantitative estimate of drug-likeness (QED) is 0.914. The fourth-order valence-electron chi connectivity index (χ4n) is 2.93. The van der Waals surface area contributed by atoms with Crippen molar-refractivity contribution in [2.24, 2.45) is 0 Å². The molecule has 0 aromatic carbocycles. The molecule has 0 spiro atoms. The Morgan fingerprint density at radius 1 is 1.48 bits per heavy atom. The molecule has 1 atom stereocenters. The average molecular weight is 307 g/mol. The highest BCUT2D eigenvalue weighted by Crippen LogP contribution is 2.21. The molecule has 114 valence electrons. The molecule has 1 fully saturated rings. The molecule has 1 unspecified atom stereocenters. The van der Waals surface area contributed by atoms with Gasteiger partial charge in [0.2, 0.25) is 4.96 Å². The Balaban J connectivity index is 1.83. The van der Waals surface area contributed by atoms with Gasteiger partial charge in [0.1, 0.15) is 5.01 Å². The Hall–Kier alpha value is -1.31. The average Bonchev–Trinajstić information content (AvgIpc) is 2.84. The van der Waals surface area contributed by atoms with Gasteiger partial charge in [-0.25, -0.2) is 4.98 Å². The van der Waals surface area contributed by atoms with E-state index < -0.39 is 0 Å². The largest absolute Gasteiger partial charge is 0.318 e. The molecular weight excluding hydrogens is 286 g/mol. The third-order valence-electron chi connectivity index (χ3n) is 3.94. The molecule has 1 aliphatic heterocycles. The minimum atomic E-state index is -0.0922. The standard InChI is InChI=1S/C14H21N5OS/c1-10-7-13(20)19-14(16-10)21-12(17-19)9-18-6-4-3-5-11(18)8-15-2/h7,11,15H,3-6,8-9H2,1-2H3. The van der Waals surface area contributed by atoms with Crippen LogP contribution >= 0.6 is 11.3 Å². The first kappa shape index (κ1) is 14.6. The summed E-state index contributed by atoms with van der Waals surface area (Å²) >= 11 is 1.52. The zero-order valence-electron chi connectivity index (χ0n) is 12.5. The van der Waals surface area contributed by atoms with Crippen LogP contribution in [-0.4, -0.2) is 45.7 Å². The van der Waals surface area contributed by atoms with Crippen LogP contribution in [0.1, 0.15) is 30.0 Å². The second kappa shape index (κ2) is 6.21. The third kappa shape index (κ3) is 3.14. The van der Waals surface area contributed by atoms with E-state index in [1.54, 1.807) is 0 Å². The molecule has 0 saturated carbocycles. The SMILES string of the molecule is CNCC1CCCCN1Cc1nn2c(=O)cc(C)nc2s1. The van der Waals surface area contributed by atoms with Crippen LogP contribution in [0.2, 0.25) is 0 Å². The summed E-state index contributed by atoms with van der Waals surface area (Å²) in [6.45, 7) is 4.75. The van der Waals surface area contributed by atoms with E-state index in [4.69, 9.17) is 0 Å². The lowest BCUT2D eigenvalue weighted by Gasteiger charge is -2.34. The van der Waals surface area contributed by atoms with Crippen LogP contribution in [0.5, 0.6) is 0 Å². The molecule has 1 N–H and O–H groups in total. The molecule has 0 radical (unpaired) electrons. The molecule has 0 amide bonds. The lowest BCUT2D eigenvalue weighted by atomic mass is 10.0. The van der Waals surface area contributed by atoms with Crippen molar-refractivity contribution < 1.29 is 0 Å². The summed E-state index contributed by atoms with van der Waals surface area (Å²) in [7, 11) is 2.00. The third-order valence-corrected chi connectivity index (χ3v) is 4.84. The highest BCUT2D eigenvalue weighted by molar-refractivity contribution is 7.16. The summed E-state index contributed by atoms with van der Waals surface area (Å²) in [6.07, 6.45) is 3.76. The van der Waals surface area contributed by atoms with Crippen LogP contribution in [0, 0.1) is 6.92 Å². The van der Waals surface area contributed by atoms with Crippen LogP contribution in [0.25, 0.3) is 4.96 Å². The lowest BCUT2D eigenvalue weighted by Crippen LogP contribution is -2.44. The predicted octanol–water partition coefficient (Wildman–Crippen LogP) is 1.03. The minimum absolute atomic E-state index is 0.0922. The van der Waals surface area contributed by atoms with Crippen molar-refractivity contribution >= 4 is 16.3 Å². The van der Waals surface area contributed by atoms with Gasteiger partial charge in [0, 0.05) is 24.3 Å². The number of likely N-dealkylation sites (tertiary alicyclic amines) is 1. The number of nitrogens with zero attached hydrogens (tertiary/aromatic N) is 4. The monoisotopic (exact) mass is 307 g/mol. The Bertz CT molecular complexity index is 678. The normalized spacial score (nSPS) is 20.2. The van der Waals surface area contributed by atoms with Crippen molar-refractivity contribution in [1.29, 1.82) is 0 Å². The fourth-order valence-corrected chi connectivity index (χ4v) is 3.90. The van der Waals surface area contributed by atoms with Gasteiger partial charge in [0.15, 0.2) is 0 Å². The van der Waals surface area contributed by atoms with E-state index in [9.17, 15) is 4.79 Å². The molecule has 1 saturated heterocycles. The van der Waals surface area contributed by atoms with Crippen molar-refractivity contribution in [3.8, 4) is 0 Å². The summed E-state index contributed by atoms with van der Waals surface area (Å²) in [5.41, 5.74) is 0.659. The first-order valence-electron chi connectivity index (χ1n) is 7.42. The van der Waals surface area contributed by atoms with E-state index in [2.05, 4.69) is 20.3 Å². The molecule has 21 heavy (non-hydrogen) atoms. The Morgan fingerprint density at radius 2 is 2.33 bits per heavy atom. The van der Waals surface area contributed by atoms with Gasteiger partial charge >= 0.3 is 0 Å². The van der Waals surface area contributed by atoms with Crippen molar-refractivity contribution in [3.63, 3.8) is 0 Å². The topological polar surface area (TPSA) is 62.5 Å². The number of hydrogen-bond acceptors (Lipinski definition) is 6. The molecule has 0 bridgehead atoms. The van der Waals surface area contributed by atoms with Gasteiger partial charge in [0.05, 0.1) is 6.54 Å². The van der Waals surface area contributed by atoms with Crippen molar-refractivity contribution in [2.45, 2.75) is 38.8 Å². The van der Waals surface area contributed by atoms with Gasteiger partial charge in [-0.1, -0.05) is 17.8 Å². The van der Waals surface area contributed by atoms with E-state index in [0.717, 1.165) is 30.3 Å². The molecule has 3 rings (SSSR count). The second-order valence-corrected chi connectivity index (χ2v) is 6.64. The summed E-state index contributed by atoms with van der Waals surface area (Å²) in [4.78, 5) is 19.5. The molecule has 2 aromatic heterocycles. The van der Waals surface area contributed by atoms with Gasteiger partial charge in [0.25, 0.3) is 5.56 Å². The molecule has 3 heterocycles. The van der Waals surface area contributed by atoms with Gasteiger partial charge < -0.3 is 5.32 Å². The summed E-state index contributed by atoms with van der Waals surface area (Å²) in [5.74, 6) is 0. The van der Waals surface area contributed by atoms with Crippen LogP contribution in [0.15, 0.2) is 10.9 Å². The van der Waals surface area contributed by atoms with E-state index in [-0.39, 0.29) is 5.56 Å². The van der Waals surface area contributed by atoms with Crippen molar-refractivity contribution in [2.75, 3.05) is 20.1 Å². The predicted molar refractivity (Wildman–Crippen MR) is 83.8 cm³/mol. The van der Waals surface area contributed by atoms with Gasteiger partial charge in [-0.3, -0.25) is 9.69 Å². The Labute approximate surface area is 127 Å². The molecule has 2 aromatic rings. The van der Waals surface area contributed by atoms with Crippen molar-refractivity contribution in [3.05, 3.63) is 27.1 Å². The smallest absolute Gasteiger partial charge is 0.275 e. The van der Waals surface area contributed by atoms with E-state index in [0.29, 0.717) is 11.0 Å². The second-order valence-electron chi connectivity index (χ2n) is 5.60. The van der Waals surface area contributed by atoms with Crippen LogP contribution in [-0.2, 0) is 6.54 Å². The number of fused-ring (bicyclic) bond motifs is 1. The first-order chi connectivity index (χ1) is 10.2. The zero-order chi connectivity index (χ0) is 14.8. The number of likely N-dealkylation sites (N-methyl/N-ethyl adjacent to an activating group) is 1. The van der Waals surface area contributed by atoms with Crippen LogP contribution in [0.4, 0.5) is 0 Å². The van der Waals surface area contributed by atoms with Gasteiger partial charge in [-0.15, -0.1) is 0 Å². The van der Waals surface area contributed by atoms with Gasteiger partial charge in [-0.2, -0.15) is 9.61 Å². The number of aromatic nitrogens is 3. The summed E-state index contributed by atoms with van der Waals surface area (Å²) < 4.78 is 1.42. The minimum Gasteiger partial charge on any atom is -0.318 e. The molecule has 0 aliphatic carbocycles. The lowest BCUT2D eigenvalue weighted by molar-refractivity contribution is 0.139. The Morgan fingerprint density at radius 3 is 3.14 bits per heavy atom. The molecule has 1 aliphatic rings. The summed E-state index contributed by atoms with van der Waals surface area (Å²) in [6, 6.07) is 2.09. The molecular formula is C14H21N5OS. The molecule has 7 heteroatoms. The van der Waals surface area contributed by atoms with Gasteiger partial charge in [-0.05, 0) is 33.4 Å². The number of aryl methyl sites for hydroxylation is 1. The van der Waals surface area contributed by atoms with Crippen LogP contribution < -0.4 is 10.9 Å². The number of rotatable bonds is 4. The maximum absolute atomic E-state index is 11.9. The number of hydrogen-bond donors (Lipinski definition) is 1. The maximum atomic E-state index is 11.9. The maximum Gasteiger partial charge on any atom is 0.275 e. The summed E-state index contributed by atoms with van der Waals surface area (Å²) in [5, 5.41) is 8.68.